The van der Waals surface area contributed by atoms with Crippen molar-refractivity contribution in [3.05, 3.63) is 34.9 Å². The summed E-state index contributed by atoms with van der Waals surface area (Å²) in [5, 5.41) is 0. The van der Waals surface area contributed by atoms with Crippen LogP contribution in [0.25, 0.3) is 0 Å². The molecule has 0 radical (unpaired) electrons. The number of Topliss-reactive ketones (excluding diaryl/α,β-unsaturated/α-hetero) is 1. The molecule has 0 aromatic rings. The molecule has 22 heavy (non-hydrogen) atoms. The predicted molar refractivity (Wildman–Crippen MR) is 89.7 cm³/mol. The van der Waals surface area contributed by atoms with Gasteiger partial charge in [0.2, 0.25) is 0 Å². The SMILES string of the molecule is CCCCCOC1C(=O)C(C)=C(C=CC(C)=CC=O)C1(C)C. The number of hydrogen-bond acceptors (Lipinski definition) is 3. The monoisotopic (exact) mass is 304 g/mol. The molecule has 1 aliphatic carbocycles. The molecule has 1 unspecified atom stereocenters. The summed E-state index contributed by atoms with van der Waals surface area (Å²) in [5.41, 5.74) is 2.29. The van der Waals surface area contributed by atoms with Gasteiger partial charge in [-0.1, -0.05) is 45.8 Å². The Morgan fingerprint density at radius 1 is 1.32 bits per heavy atom. The highest BCUT2D eigenvalue weighted by Gasteiger charge is 2.45. The third kappa shape index (κ3) is 4.26. The second-order valence-corrected chi connectivity index (χ2v) is 6.46. The summed E-state index contributed by atoms with van der Waals surface area (Å²) in [6, 6.07) is 0. The first-order chi connectivity index (χ1) is 10.4. The van der Waals surface area contributed by atoms with Crippen LogP contribution in [0.15, 0.2) is 34.9 Å². The Hall–Kier alpha value is -1.48. The minimum atomic E-state index is -0.403. The topological polar surface area (TPSA) is 43.4 Å². The molecule has 0 heterocycles. The number of aldehydes is 1. The van der Waals surface area contributed by atoms with E-state index in [2.05, 4.69) is 6.92 Å². The Labute approximate surface area is 134 Å². The van der Waals surface area contributed by atoms with Crippen molar-refractivity contribution in [2.45, 2.75) is 60.0 Å². The van der Waals surface area contributed by atoms with Gasteiger partial charge in [0.25, 0.3) is 0 Å². The van der Waals surface area contributed by atoms with E-state index in [0.29, 0.717) is 6.61 Å². The van der Waals surface area contributed by atoms with Crippen molar-refractivity contribution in [1.29, 1.82) is 0 Å². The molecule has 3 heteroatoms. The molecular weight excluding hydrogens is 276 g/mol. The van der Waals surface area contributed by atoms with Gasteiger partial charge >= 0.3 is 0 Å². The number of rotatable bonds is 8. The van der Waals surface area contributed by atoms with Crippen molar-refractivity contribution >= 4 is 12.1 Å². The van der Waals surface area contributed by atoms with E-state index in [1.807, 2.05) is 39.8 Å². The highest BCUT2D eigenvalue weighted by Crippen LogP contribution is 2.43. The summed E-state index contributed by atoms with van der Waals surface area (Å²) in [5.74, 6) is 0.0816. The molecule has 1 rings (SSSR count). The van der Waals surface area contributed by atoms with E-state index in [1.165, 1.54) is 6.08 Å². The van der Waals surface area contributed by atoms with E-state index in [-0.39, 0.29) is 11.2 Å². The molecule has 0 saturated carbocycles. The van der Waals surface area contributed by atoms with Gasteiger partial charge < -0.3 is 4.74 Å². The first-order valence-electron chi connectivity index (χ1n) is 8.03. The fraction of sp³-hybridized carbons (Fsp3) is 0.579. The lowest BCUT2D eigenvalue weighted by Crippen LogP contribution is -2.34. The van der Waals surface area contributed by atoms with E-state index in [4.69, 9.17) is 4.74 Å². The van der Waals surface area contributed by atoms with Gasteiger partial charge in [-0.25, -0.2) is 0 Å². The van der Waals surface area contributed by atoms with Crippen molar-refractivity contribution in [2.75, 3.05) is 6.61 Å². The number of carbonyl (C=O) groups is 2. The van der Waals surface area contributed by atoms with Gasteiger partial charge in [0.15, 0.2) is 5.78 Å². The predicted octanol–water partition coefficient (Wildman–Crippen LogP) is 4.19. The van der Waals surface area contributed by atoms with Crippen molar-refractivity contribution in [2.24, 2.45) is 5.41 Å². The highest BCUT2D eigenvalue weighted by molar-refractivity contribution is 6.03. The number of unbranched alkanes of at least 4 members (excludes halogenated alkanes) is 2. The highest BCUT2D eigenvalue weighted by atomic mass is 16.5. The maximum Gasteiger partial charge on any atom is 0.188 e. The minimum Gasteiger partial charge on any atom is -0.369 e. The van der Waals surface area contributed by atoms with Crippen LogP contribution in [0, 0.1) is 5.41 Å². The van der Waals surface area contributed by atoms with Crippen LogP contribution in [-0.4, -0.2) is 24.8 Å². The first kappa shape index (κ1) is 18.6. The van der Waals surface area contributed by atoms with Crippen LogP contribution >= 0.6 is 0 Å². The number of ether oxygens (including phenoxy) is 1. The zero-order valence-corrected chi connectivity index (χ0v) is 14.4. The second kappa shape index (κ2) is 8.23. The van der Waals surface area contributed by atoms with Gasteiger partial charge in [0.1, 0.15) is 12.4 Å². The minimum absolute atomic E-state index is 0.0816. The van der Waals surface area contributed by atoms with Gasteiger partial charge in [-0.15, -0.1) is 0 Å². The molecule has 0 aliphatic heterocycles. The summed E-state index contributed by atoms with van der Waals surface area (Å²) in [4.78, 5) is 23.0. The van der Waals surface area contributed by atoms with Crippen LogP contribution in [-0.2, 0) is 14.3 Å². The van der Waals surface area contributed by atoms with E-state index < -0.39 is 6.10 Å². The molecule has 1 atom stereocenters. The van der Waals surface area contributed by atoms with Gasteiger partial charge in [-0.3, -0.25) is 9.59 Å². The normalized spacial score (nSPS) is 22.0. The fourth-order valence-corrected chi connectivity index (χ4v) is 2.84. The maximum atomic E-state index is 12.5. The summed E-state index contributed by atoms with van der Waals surface area (Å²) in [6.07, 6.45) is 8.94. The number of carbonyl (C=O) groups excluding carboxylic acids is 2. The maximum absolute atomic E-state index is 12.5. The Balaban J connectivity index is 2.88. The Kier molecular flexibility index (Phi) is 6.95. The summed E-state index contributed by atoms with van der Waals surface area (Å²) in [7, 11) is 0. The summed E-state index contributed by atoms with van der Waals surface area (Å²) >= 11 is 0. The van der Waals surface area contributed by atoms with Gasteiger partial charge in [0, 0.05) is 12.0 Å². The second-order valence-electron chi connectivity index (χ2n) is 6.46. The molecule has 3 nitrogen and oxygen atoms in total. The summed E-state index contributed by atoms with van der Waals surface area (Å²) in [6.45, 7) is 10.6. The van der Waals surface area contributed by atoms with Crippen molar-refractivity contribution < 1.29 is 14.3 Å². The standard InChI is InChI=1S/C19H28O3/c1-6-7-8-13-22-18-17(21)15(3)16(19(18,4)5)10-9-14(2)11-12-20/h9-12,18H,6-8,13H2,1-5H3. The zero-order chi connectivity index (χ0) is 16.8. The Morgan fingerprint density at radius 3 is 2.59 bits per heavy atom. The van der Waals surface area contributed by atoms with E-state index in [1.54, 1.807) is 0 Å². The first-order valence-corrected chi connectivity index (χ1v) is 8.03. The molecule has 1 aliphatic rings. The lowest BCUT2D eigenvalue weighted by Gasteiger charge is -2.28. The molecule has 0 saturated heterocycles. The quantitative estimate of drug-likeness (QED) is 0.292. The Bertz CT molecular complexity index is 507. The smallest absolute Gasteiger partial charge is 0.188 e. The average molecular weight is 304 g/mol. The number of ketones is 1. The van der Waals surface area contributed by atoms with Gasteiger partial charge in [0.05, 0.1) is 0 Å². The van der Waals surface area contributed by atoms with Crippen LogP contribution in [0.3, 0.4) is 0 Å². The third-order valence-corrected chi connectivity index (χ3v) is 4.24. The third-order valence-electron chi connectivity index (χ3n) is 4.24. The van der Waals surface area contributed by atoms with Gasteiger partial charge in [-0.2, -0.15) is 0 Å². The molecule has 0 N–H and O–H groups in total. The lowest BCUT2D eigenvalue weighted by molar-refractivity contribution is -0.130. The molecule has 0 bridgehead atoms. The van der Waals surface area contributed by atoms with E-state index in [9.17, 15) is 9.59 Å². The summed E-state index contributed by atoms with van der Waals surface area (Å²) < 4.78 is 5.89. The van der Waals surface area contributed by atoms with E-state index >= 15 is 0 Å². The Morgan fingerprint density at radius 2 is 2.00 bits per heavy atom. The lowest BCUT2D eigenvalue weighted by atomic mass is 9.82. The molecule has 0 aromatic heterocycles. The van der Waals surface area contributed by atoms with Crippen LogP contribution in [0.2, 0.25) is 0 Å². The largest absolute Gasteiger partial charge is 0.369 e. The zero-order valence-electron chi connectivity index (χ0n) is 14.4. The van der Waals surface area contributed by atoms with Crippen LogP contribution in [0.1, 0.15) is 53.9 Å². The van der Waals surface area contributed by atoms with Gasteiger partial charge in [-0.05, 0) is 43.1 Å². The van der Waals surface area contributed by atoms with Crippen molar-refractivity contribution in [3.8, 4) is 0 Å². The van der Waals surface area contributed by atoms with Crippen LogP contribution in [0.4, 0.5) is 0 Å². The van der Waals surface area contributed by atoms with Crippen molar-refractivity contribution in [3.63, 3.8) is 0 Å². The molecular formula is C19H28O3. The molecule has 122 valence electrons. The van der Waals surface area contributed by atoms with Crippen LogP contribution in [0.5, 0.6) is 0 Å². The number of allylic oxidation sites excluding steroid dienone is 4. The number of hydrogen-bond donors (Lipinski definition) is 0. The average Bonchev–Trinajstić information content (AvgIpc) is 2.61. The molecule has 0 amide bonds. The fourth-order valence-electron chi connectivity index (χ4n) is 2.84. The van der Waals surface area contributed by atoms with E-state index in [0.717, 1.165) is 42.3 Å². The van der Waals surface area contributed by atoms with Crippen LogP contribution < -0.4 is 0 Å². The van der Waals surface area contributed by atoms with Crippen molar-refractivity contribution in [1.82, 2.24) is 0 Å². The molecule has 0 aromatic carbocycles. The molecule has 0 fully saturated rings. The molecule has 0 spiro atoms.